The number of carbonyl (C=O) groups excluding carboxylic acids is 1. The van der Waals surface area contributed by atoms with Gasteiger partial charge < -0.3 is 10.6 Å². The lowest BCUT2D eigenvalue weighted by molar-refractivity contribution is 0.0981. The maximum Gasteiger partial charge on any atom is 0.281 e. The van der Waals surface area contributed by atoms with Gasteiger partial charge in [0.1, 0.15) is 11.6 Å². The van der Waals surface area contributed by atoms with Crippen LogP contribution < -0.4 is 15.4 Å². The quantitative estimate of drug-likeness (QED) is 0.510. The van der Waals surface area contributed by atoms with Crippen molar-refractivity contribution in [3.8, 4) is 0 Å². The first-order chi connectivity index (χ1) is 15.9. The molecule has 1 unspecified atom stereocenters. The Morgan fingerprint density at radius 3 is 2.65 bits per heavy atom. The molecule has 9 heteroatoms. The van der Waals surface area contributed by atoms with Crippen molar-refractivity contribution in [1.82, 2.24) is 14.7 Å². The van der Waals surface area contributed by atoms with E-state index in [9.17, 15) is 13.2 Å². The topological polar surface area (TPSA) is 118 Å². The number of rotatable bonds is 9. The van der Waals surface area contributed by atoms with Gasteiger partial charge in [0.25, 0.3) is 15.9 Å². The number of nitrogens with one attached hydrogen (secondary N) is 1. The standard InChI is InChI=1S/C25H37N5O3S/c1-17(2)9-6-7-10-19-13-20(23(27-15-19)30-16-18(3)14-25(30,4)5)24(31)29-34(32,33)22-12-8-11-21(26)28-22/h8,11-13,15,17-18H,6-7,9-10,14,16H2,1-5H3,(H2,26,28)(H,29,31). The average molecular weight is 488 g/mol. The predicted octanol–water partition coefficient (Wildman–Crippen LogP) is 4.17. The molecule has 1 aliphatic rings. The van der Waals surface area contributed by atoms with Crippen molar-refractivity contribution in [3.63, 3.8) is 0 Å². The lowest BCUT2D eigenvalue weighted by Crippen LogP contribution is -2.41. The molecule has 0 aromatic carbocycles. The molecule has 2 aromatic rings. The summed E-state index contributed by atoms with van der Waals surface area (Å²) in [5, 5.41) is -0.296. The molecule has 1 amide bonds. The van der Waals surface area contributed by atoms with Gasteiger partial charge in [0.05, 0.1) is 5.56 Å². The minimum Gasteiger partial charge on any atom is -0.384 e. The van der Waals surface area contributed by atoms with Crippen molar-refractivity contribution in [2.24, 2.45) is 11.8 Å². The number of nitrogens with zero attached hydrogens (tertiary/aromatic N) is 3. The molecule has 1 saturated heterocycles. The van der Waals surface area contributed by atoms with Crippen LogP contribution in [0.1, 0.15) is 76.2 Å². The number of hydrogen-bond donors (Lipinski definition) is 2. The van der Waals surface area contributed by atoms with Crippen LogP contribution >= 0.6 is 0 Å². The molecule has 0 spiro atoms. The van der Waals surface area contributed by atoms with E-state index in [2.05, 4.69) is 54.2 Å². The van der Waals surface area contributed by atoms with E-state index in [0.29, 0.717) is 17.7 Å². The van der Waals surface area contributed by atoms with Gasteiger partial charge >= 0.3 is 0 Å². The molecule has 0 bridgehead atoms. The minimum absolute atomic E-state index is 0.0638. The first kappa shape index (κ1) is 25.9. The van der Waals surface area contributed by atoms with Crippen molar-refractivity contribution in [2.45, 2.75) is 77.3 Å². The van der Waals surface area contributed by atoms with Gasteiger partial charge in [0, 0.05) is 18.3 Å². The van der Waals surface area contributed by atoms with E-state index in [4.69, 9.17) is 5.73 Å². The van der Waals surface area contributed by atoms with Crippen LogP contribution in [0.3, 0.4) is 0 Å². The summed E-state index contributed by atoms with van der Waals surface area (Å²) in [4.78, 5) is 24.0. The normalized spacial score (nSPS) is 17.8. The molecule has 3 N–H and O–H groups in total. The summed E-state index contributed by atoms with van der Waals surface area (Å²) < 4.78 is 27.9. The number of nitrogen functional groups attached to an aromatic ring is 1. The molecule has 0 saturated carbocycles. The second-order valence-corrected chi connectivity index (χ2v) is 12.1. The van der Waals surface area contributed by atoms with Crippen LogP contribution in [-0.2, 0) is 16.4 Å². The fourth-order valence-electron chi connectivity index (χ4n) is 4.67. The Labute approximate surface area is 203 Å². The smallest absolute Gasteiger partial charge is 0.281 e. The Morgan fingerprint density at radius 1 is 1.29 bits per heavy atom. The Morgan fingerprint density at radius 2 is 2.03 bits per heavy atom. The molecule has 0 aliphatic carbocycles. The van der Waals surface area contributed by atoms with Gasteiger partial charge in [-0.3, -0.25) is 4.79 Å². The van der Waals surface area contributed by atoms with Gasteiger partial charge in [-0.1, -0.05) is 39.7 Å². The first-order valence-electron chi connectivity index (χ1n) is 12.0. The number of aromatic nitrogens is 2. The van der Waals surface area contributed by atoms with Crippen LogP contribution in [0.5, 0.6) is 0 Å². The molecular weight excluding hydrogens is 450 g/mol. The minimum atomic E-state index is -4.19. The SMILES string of the molecule is CC(C)CCCCc1cnc(N2CC(C)CC2(C)C)c(C(=O)NS(=O)(=O)c2cccc(N)n2)c1. The van der Waals surface area contributed by atoms with Crippen LogP contribution in [-0.4, -0.2) is 36.4 Å². The second-order valence-electron chi connectivity index (χ2n) is 10.4. The maximum atomic E-state index is 13.3. The van der Waals surface area contributed by atoms with E-state index in [0.717, 1.165) is 44.2 Å². The Kier molecular flexibility index (Phi) is 7.85. The van der Waals surface area contributed by atoms with Crippen LogP contribution in [0, 0.1) is 11.8 Å². The van der Waals surface area contributed by atoms with E-state index in [1.165, 1.54) is 18.2 Å². The molecule has 1 aliphatic heterocycles. The molecule has 2 aromatic heterocycles. The van der Waals surface area contributed by atoms with Gasteiger partial charge in [-0.2, -0.15) is 8.42 Å². The summed E-state index contributed by atoms with van der Waals surface area (Å²) in [7, 11) is -4.19. The van der Waals surface area contributed by atoms with E-state index in [-0.39, 0.29) is 21.9 Å². The van der Waals surface area contributed by atoms with Gasteiger partial charge in [0.2, 0.25) is 0 Å². The van der Waals surface area contributed by atoms with Crippen molar-refractivity contribution in [2.75, 3.05) is 17.2 Å². The van der Waals surface area contributed by atoms with Gasteiger partial charge in [-0.25, -0.2) is 14.7 Å². The largest absolute Gasteiger partial charge is 0.384 e. The number of amides is 1. The summed E-state index contributed by atoms with van der Waals surface area (Å²) in [6.45, 7) is 11.6. The third-order valence-electron chi connectivity index (χ3n) is 6.24. The molecule has 0 radical (unpaired) electrons. The van der Waals surface area contributed by atoms with Gasteiger partial charge in [0.15, 0.2) is 5.03 Å². The van der Waals surface area contributed by atoms with Crippen molar-refractivity contribution in [1.29, 1.82) is 0 Å². The molecule has 1 fully saturated rings. The molecule has 1 atom stereocenters. The number of hydrogen-bond acceptors (Lipinski definition) is 7. The summed E-state index contributed by atoms with van der Waals surface area (Å²) in [5.41, 5.74) is 6.62. The first-order valence-corrected chi connectivity index (χ1v) is 13.4. The van der Waals surface area contributed by atoms with Crippen molar-refractivity contribution < 1.29 is 13.2 Å². The third-order valence-corrected chi connectivity index (χ3v) is 7.47. The van der Waals surface area contributed by atoms with E-state index >= 15 is 0 Å². The molecule has 186 valence electrons. The maximum absolute atomic E-state index is 13.3. The zero-order valence-electron chi connectivity index (χ0n) is 20.8. The highest BCUT2D eigenvalue weighted by Gasteiger charge is 2.39. The lowest BCUT2D eigenvalue weighted by Gasteiger charge is -2.33. The summed E-state index contributed by atoms with van der Waals surface area (Å²) in [6, 6.07) is 6.07. The average Bonchev–Trinajstić information content (AvgIpc) is 3.02. The van der Waals surface area contributed by atoms with E-state index in [1.54, 1.807) is 6.07 Å². The van der Waals surface area contributed by atoms with Crippen LogP contribution in [0.15, 0.2) is 35.5 Å². The number of pyridine rings is 2. The predicted molar refractivity (Wildman–Crippen MR) is 135 cm³/mol. The zero-order chi connectivity index (χ0) is 25.1. The number of unbranched alkanes of at least 4 members (excludes halogenated alkanes) is 1. The number of sulfonamides is 1. The van der Waals surface area contributed by atoms with Crippen molar-refractivity contribution in [3.05, 3.63) is 41.6 Å². The summed E-state index contributed by atoms with van der Waals surface area (Å²) in [5.74, 6) is 0.934. The monoisotopic (exact) mass is 487 g/mol. The zero-order valence-corrected chi connectivity index (χ0v) is 21.7. The Balaban J connectivity index is 1.92. The summed E-state index contributed by atoms with van der Waals surface area (Å²) >= 11 is 0. The highest BCUT2D eigenvalue weighted by molar-refractivity contribution is 7.90. The Hall–Kier alpha value is -2.68. The Bertz CT molecular complexity index is 1130. The fraction of sp³-hybridized carbons (Fsp3) is 0.560. The number of nitrogens with two attached hydrogens (primary N) is 1. The molecular formula is C25H37N5O3S. The fourth-order valence-corrected chi connectivity index (χ4v) is 5.61. The van der Waals surface area contributed by atoms with Crippen molar-refractivity contribution >= 4 is 27.6 Å². The number of aryl methyl sites for hydroxylation is 1. The second kappa shape index (κ2) is 10.3. The molecule has 8 nitrogen and oxygen atoms in total. The highest BCUT2D eigenvalue weighted by atomic mass is 32.2. The van der Waals surface area contributed by atoms with E-state index in [1.807, 2.05) is 6.20 Å². The van der Waals surface area contributed by atoms with Gasteiger partial charge in [-0.15, -0.1) is 0 Å². The molecule has 3 rings (SSSR count). The van der Waals surface area contributed by atoms with E-state index < -0.39 is 15.9 Å². The number of carbonyl (C=O) groups is 1. The lowest BCUT2D eigenvalue weighted by atomic mass is 9.97. The summed E-state index contributed by atoms with van der Waals surface area (Å²) in [6.07, 6.45) is 6.77. The molecule has 34 heavy (non-hydrogen) atoms. The van der Waals surface area contributed by atoms with Crippen LogP contribution in [0.2, 0.25) is 0 Å². The number of anilines is 2. The van der Waals surface area contributed by atoms with Gasteiger partial charge in [-0.05, 0) is 68.7 Å². The molecule has 3 heterocycles. The highest BCUT2D eigenvalue weighted by Crippen LogP contribution is 2.37. The van der Waals surface area contributed by atoms with Crippen LogP contribution in [0.4, 0.5) is 11.6 Å². The third kappa shape index (κ3) is 6.25. The van der Waals surface area contributed by atoms with Crippen LogP contribution in [0.25, 0.3) is 0 Å².